The van der Waals surface area contributed by atoms with Gasteiger partial charge in [0.25, 0.3) is 0 Å². The van der Waals surface area contributed by atoms with Crippen LogP contribution in [-0.2, 0) is 6.54 Å². The van der Waals surface area contributed by atoms with E-state index in [2.05, 4.69) is 22.4 Å². The van der Waals surface area contributed by atoms with Crippen LogP contribution in [0.15, 0.2) is 18.3 Å². The van der Waals surface area contributed by atoms with Crippen molar-refractivity contribution in [3.8, 4) is 0 Å². The van der Waals surface area contributed by atoms with Crippen LogP contribution < -0.4 is 5.32 Å². The molecule has 0 saturated heterocycles. The molecule has 1 aromatic heterocycles. The van der Waals surface area contributed by atoms with E-state index in [4.69, 9.17) is 0 Å². The summed E-state index contributed by atoms with van der Waals surface area (Å²) in [7, 11) is 0. The van der Waals surface area contributed by atoms with Gasteiger partial charge in [-0.2, -0.15) is 10.2 Å². The molecule has 0 aromatic carbocycles. The smallest absolute Gasteiger partial charge is 0.0768 e. The fourth-order valence-corrected chi connectivity index (χ4v) is 2.58. The van der Waals surface area contributed by atoms with Crippen molar-refractivity contribution in [1.82, 2.24) is 15.5 Å². The van der Waals surface area contributed by atoms with E-state index in [1.165, 1.54) is 25.7 Å². The molecule has 3 heteroatoms. The van der Waals surface area contributed by atoms with Gasteiger partial charge in [0, 0.05) is 12.7 Å². The molecule has 1 aromatic rings. The molecular weight excluding hydrogens is 198 g/mol. The molecule has 2 unspecified atom stereocenters. The van der Waals surface area contributed by atoms with Crippen molar-refractivity contribution >= 4 is 0 Å². The van der Waals surface area contributed by atoms with E-state index in [0.29, 0.717) is 0 Å². The third-order valence-corrected chi connectivity index (χ3v) is 3.41. The number of aromatic nitrogens is 2. The summed E-state index contributed by atoms with van der Waals surface area (Å²) in [4.78, 5) is 0. The van der Waals surface area contributed by atoms with Crippen molar-refractivity contribution in [2.45, 2.75) is 39.2 Å². The Balaban J connectivity index is 1.68. The SMILES string of the molecule is CC1CCCC(CNCc2cccnn2)C1. The molecule has 1 aliphatic rings. The summed E-state index contributed by atoms with van der Waals surface area (Å²) in [5, 5.41) is 11.4. The van der Waals surface area contributed by atoms with E-state index in [0.717, 1.165) is 30.6 Å². The zero-order chi connectivity index (χ0) is 11.2. The van der Waals surface area contributed by atoms with Gasteiger partial charge in [-0.3, -0.25) is 0 Å². The van der Waals surface area contributed by atoms with E-state index in [1.54, 1.807) is 6.20 Å². The van der Waals surface area contributed by atoms with Crippen LogP contribution in [0.3, 0.4) is 0 Å². The van der Waals surface area contributed by atoms with Gasteiger partial charge in [0.05, 0.1) is 5.69 Å². The molecule has 1 saturated carbocycles. The molecule has 1 N–H and O–H groups in total. The monoisotopic (exact) mass is 219 g/mol. The second-order valence-corrected chi connectivity index (χ2v) is 4.98. The highest BCUT2D eigenvalue weighted by Crippen LogP contribution is 2.27. The van der Waals surface area contributed by atoms with Crippen LogP contribution in [0.5, 0.6) is 0 Å². The van der Waals surface area contributed by atoms with Crippen molar-refractivity contribution in [2.24, 2.45) is 11.8 Å². The van der Waals surface area contributed by atoms with Gasteiger partial charge in [-0.25, -0.2) is 0 Å². The van der Waals surface area contributed by atoms with Crippen LogP contribution in [0, 0.1) is 11.8 Å². The quantitative estimate of drug-likeness (QED) is 0.845. The van der Waals surface area contributed by atoms with Crippen molar-refractivity contribution in [3.63, 3.8) is 0 Å². The van der Waals surface area contributed by atoms with Crippen molar-refractivity contribution in [1.29, 1.82) is 0 Å². The fourth-order valence-electron chi connectivity index (χ4n) is 2.58. The molecule has 1 fully saturated rings. The van der Waals surface area contributed by atoms with E-state index >= 15 is 0 Å². The molecule has 0 bridgehead atoms. The van der Waals surface area contributed by atoms with Crippen LogP contribution in [0.25, 0.3) is 0 Å². The highest BCUT2D eigenvalue weighted by atomic mass is 15.1. The second kappa shape index (κ2) is 5.94. The topological polar surface area (TPSA) is 37.8 Å². The molecule has 0 radical (unpaired) electrons. The first-order valence-corrected chi connectivity index (χ1v) is 6.32. The highest BCUT2D eigenvalue weighted by Gasteiger charge is 2.18. The van der Waals surface area contributed by atoms with Gasteiger partial charge >= 0.3 is 0 Å². The third-order valence-electron chi connectivity index (χ3n) is 3.41. The van der Waals surface area contributed by atoms with Crippen LogP contribution in [0.2, 0.25) is 0 Å². The molecular formula is C13H21N3. The molecule has 0 spiro atoms. The molecule has 16 heavy (non-hydrogen) atoms. The molecule has 2 rings (SSSR count). The largest absolute Gasteiger partial charge is 0.311 e. The van der Waals surface area contributed by atoms with Crippen molar-refractivity contribution in [2.75, 3.05) is 6.54 Å². The lowest BCUT2D eigenvalue weighted by Gasteiger charge is -2.26. The average molecular weight is 219 g/mol. The number of rotatable bonds is 4. The van der Waals surface area contributed by atoms with E-state index in [1.807, 2.05) is 12.1 Å². The van der Waals surface area contributed by atoms with E-state index in [9.17, 15) is 0 Å². The molecule has 0 aliphatic heterocycles. The average Bonchev–Trinajstić information content (AvgIpc) is 2.30. The van der Waals surface area contributed by atoms with Crippen LogP contribution in [-0.4, -0.2) is 16.7 Å². The zero-order valence-electron chi connectivity index (χ0n) is 10.0. The summed E-state index contributed by atoms with van der Waals surface area (Å²) in [5.41, 5.74) is 1.03. The number of nitrogens with one attached hydrogen (secondary N) is 1. The Bertz CT molecular complexity index is 299. The van der Waals surface area contributed by atoms with Gasteiger partial charge in [0.15, 0.2) is 0 Å². The molecule has 88 valence electrons. The first-order chi connectivity index (χ1) is 7.84. The lowest BCUT2D eigenvalue weighted by atomic mass is 9.82. The number of hydrogen-bond donors (Lipinski definition) is 1. The maximum atomic E-state index is 4.06. The minimum atomic E-state index is 0.846. The Morgan fingerprint density at radius 3 is 3.12 bits per heavy atom. The fraction of sp³-hybridized carbons (Fsp3) is 0.692. The standard InChI is InChI=1S/C13H21N3/c1-11-4-2-5-12(8-11)9-14-10-13-6-3-7-15-16-13/h3,6-7,11-12,14H,2,4-5,8-10H2,1H3. The van der Waals surface area contributed by atoms with Gasteiger partial charge in [0.1, 0.15) is 0 Å². The van der Waals surface area contributed by atoms with E-state index < -0.39 is 0 Å². The molecule has 1 aliphatic carbocycles. The Morgan fingerprint density at radius 2 is 2.38 bits per heavy atom. The number of hydrogen-bond acceptors (Lipinski definition) is 3. The molecule has 3 nitrogen and oxygen atoms in total. The maximum Gasteiger partial charge on any atom is 0.0768 e. The molecule has 1 heterocycles. The van der Waals surface area contributed by atoms with Gasteiger partial charge < -0.3 is 5.32 Å². The normalized spacial score (nSPS) is 25.6. The number of nitrogens with zero attached hydrogens (tertiary/aromatic N) is 2. The Hall–Kier alpha value is -0.960. The lowest BCUT2D eigenvalue weighted by Crippen LogP contribution is -2.26. The second-order valence-electron chi connectivity index (χ2n) is 4.98. The summed E-state index contributed by atoms with van der Waals surface area (Å²) >= 11 is 0. The van der Waals surface area contributed by atoms with Crippen molar-refractivity contribution < 1.29 is 0 Å². The summed E-state index contributed by atoms with van der Waals surface area (Å²) in [5.74, 6) is 1.78. The van der Waals surface area contributed by atoms with Crippen LogP contribution in [0.1, 0.15) is 38.3 Å². The predicted molar refractivity (Wildman–Crippen MR) is 64.9 cm³/mol. The first kappa shape index (κ1) is 11.5. The maximum absolute atomic E-state index is 4.06. The first-order valence-electron chi connectivity index (χ1n) is 6.32. The Kier molecular flexibility index (Phi) is 4.28. The van der Waals surface area contributed by atoms with E-state index in [-0.39, 0.29) is 0 Å². The summed E-state index contributed by atoms with van der Waals surface area (Å²) < 4.78 is 0. The van der Waals surface area contributed by atoms with Gasteiger partial charge in [-0.15, -0.1) is 0 Å². The highest BCUT2D eigenvalue weighted by molar-refractivity contribution is 4.98. The molecule has 2 atom stereocenters. The Labute approximate surface area is 97.7 Å². The van der Waals surface area contributed by atoms with Crippen LogP contribution in [0.4, 0.5) is 0 Å². The van der Waals surface area contributed by atoms with Gasteiger partial charge in [0.2, 0.25) is 0 Å². The van der Waals surface area contributed by atoms with Crippen molar-refractivity contribution in [3.05, 3.63) is 24.0 Å². The third kappa shape index (κ3) is 3.56. The van der Waals surface area contributed by atoms with Crippen LogP contribution >= 0.6 is 0 Å². The minimum absolute atomic E-state index is 0.846. The zero-order valence-corrected chi connectivity index (χ0v) is 10.0. The summed E-state index contributed by atoms with van der Waals surface area (Å²) in [6.07, 6.45) is 7.30. The lowest BCUT2D eigenvalue weighted by molar-refractivity contribution is 0.274. The summed E-state index contributed by atoms with van der Waals surface area (Å²) in [6, 6.07) is 3.95. The molecule has 0 amide bonds. The van der Waals surface area contributed by atoms with Gasteiger partial charge in [-0.1, -0.05) is 19.8 Å². The summed E-state index contributed by atoms with van der Waals surface area (Å²) in [6.45, 7) is 4.34. The Morgan fingerprint density at radius 1 is 1.44 bits per heavy atom. The van der Waals surface area contributed by atoms with Gasteiger partial charge in [-0.05, 0) is 43.4 Å². The minimum Gasteiger partial charge on any atom is -0.311 e. The predicted octanol–water partition coefficient (Wildman–Crippen LogP) is 2.39.